The molecule has 10 heteroatoms. The lowest BCUT2D eigenvalue weighted by atomic mass is 10.1. The average molecular weight is 389 g/mol. The summed E-state index contributed by atoms with van der Waals surface area (Å²) in [6.07, 6.45) is 1.66. The molecule has 0 aliphatic carbocycles. The highest BCUT2D eigenvalue weighted by Crippen LogP contribution is 2.40. The monoisotopic (exact) mass is 389 g/mol. The summed E-state index contributed by atoms with van der Waals surface area (Å²) >= 11 is 2.37. The van der Waals surface area contributed by atoms with Crippen molar-refractivity contribution in [1.29, 1.82) is 0 Å². The van der Waals surface area contributed by atoms with Gasteiger partial charge in [-0.1, -0.05) is 0 Å². The molecule has 5 N–H and O–H groups in total. The molecule has 0 atom stereocenters. The van der Waals surface area contributed by atoms with Gasteiger partial charge in [-0.25, -0.2) is 4.79 Å². The summed E-state index contributed by atoms with van der Waals surface area (Å²) in [6.45, 7) is 2.12. The Bertz CT molecular complexity index is 936. The number of carbonyl (C=O) groups is 2. The number of amides is 3. The minimum Gasteiger partial charge on any atom is -0.487 e. The van der Waals surface area contributed by atoms with Crippen molar-refractivity contribution < 1.29 is 14.3 Å². The fourth-order valence-corrected chi connectivity index (χ4v) is 4.03. The maximum Gasteiger partial charge on any atom is 0.317 e. The first-order chi connectivity index (χ1) is 12.5. The molecule has 26 heavy (non-hydrogen) atoms. The summed E-state index contributed by atoms with van der Waals surface area (Å²) in [5.74, 6) is 0.0622. The van der Waals surface area contributed by atoms with Crippen LogP contribution in [0.15, 0.2) is 30.5 Å². The number of thiophene rings is 1. The Labute approximate surface area is 157 Å². The standard InChI is InChI=1S/C16H15N5O3S2/c1-8-12(14(17)22)15(20-16(18)23)25-13(8)9-2-4-11(5-3-9)24-7-10-6-19-26-21-10/h2-6H,7H2,1H3,(H2,17,22)(H3,18,20,23). The Morgan fingerprint density at radius 3 is 2.54 bits per heavy atom. The molecule has 3 aromatic rings. The minimum atomic E-state index is -0.749. The first-order valence-electron chi connectivity index (χ1n) is 7.45. The topological polar surface area (TPSA) is 133 Å². The summed E-state index contributed by atoms with van der Waals surface area (Å²) in [7, 11) is 0. The summed E-state index contributed by atoms with van der Waals surface area (Å²) in [5, 5.41) is 2.79. The molecule has 0 saturated carbocycles. The number of carbonyl (C=O) groups excluding carboxylic acids is 2. The van der Waals surface area contributed by atoms with Crippen molar-refractivity contribution >= 4 is 40.0 Å². The second-order valence-electron chi connectivity index (χ2n) is 5.33. The van der Waals surface area contributed by atoms with Crippen LogP contribution in [0.25, 0.3) is 10.4 Å². The van der Waals surface area contributed by atoms with E-state index in [1.54, 1.807) is 13.1 Å². The van der Waals surface area contributed by atoms with Crippen LogP contribution in [-0.2, 0) is 6.61 Å². The summed E-state index contributed by atoms with van der Waals surface area (Å²) in [4.78, 5) is 23.7. The minimum absolute atomic E-state index is 0.264. The average Bonchev–Trinajstić information content (AvgIpc) is 3.21. The highest BCUT2D eigenvalue weighted by atomic mass is 32.1. The lowest BCUT2D eigenvalue weighted by molar-refractivity contribution is 0.100. The van der Waals surface area contributed by atoms with E-state index in [1.807, 2.05) is 24.3 Å². The molecule has 0 aliphatic heterocycles. The summed E-state index contributed by atoms with van der Waals surface area (Å²) in [6, 6.07) is 6.62. The van der Waals surface area contributed by atoms with E-state index in [2.05, 4.69) is 14.1 Å². The molecule has 0 radical (unpaired) electrons. The van der Waals surface area contributed by atoms with Gasteiger partial charge in [0.1, 0.15) is 23.1 Å². The van der Waals surface area contributed by atoms with Crippen molar-refractivity contribution in [2.45, 2.75) is 13.5 Å². The van der Waals surface area contributed by atoms with E-state index in [1.165, 1.54) is 11.3 Å². The Kier molecular flexibility index (Phi) is 5.14. The molecule has 0 saturated heterocycles. The lowest BCUT2D eigenvalue weighted by Crippen LogP contribution is -2.21. The molecule has 0 fully saturated rings. The van der Waals surface area contributed by atoms with Crippen LogP contribution in [0.1, 0.15) is 21.6 Å². The van der Waals surface area contributed by atoms with Crippen molar-refractivity contribution in [2.24, 2.45) is 11.5 Å². The Morgan fingerprint density at radius 2 is 1.96 bits per heavy atom. The van der Waals surface area contributed by atoms with E-state index in [4.69, 9.17) is 16.2 Å². The number of rotatable bonds is 6. The van der Waals surface area contributed by atoms with Gasteiger partial charge in [-0.05, 0) is 42.3 Å². The maximum absolute atomic E-state index is 11.7. The number of urea groups is 1. The SMILES string of the molecule is Cc1c(-c2ccc(OCc3cnsn3)cc2)sc(NC(N)=O)c1C(N)=O. The second-order valence-corrected chi connectivity index (χ2v) is 6.90. The molecule has 134 valence electrons. The molecular weight excluding hydrogens is 374 g/mol. The Morgan fingerprint density at radius 1 is 1.23 bits per heavy atom. The third kappa shape index (κ3) is 3.81. The molecular formula is C16H15N5O3S2. The molecule has 0 bridgehead atoms. The van der Waals surface area contributed by atoms with Crippen LogP contribution in [0.4, 0.5) is 9.80 Å². The lowest BCUT2D eigenvalue weighted by Gasteiger charge is -2.05. The summed E-state index contributed by atoms with van der Waals surface area (Å²) < 4.78 is 13.6. The number of ether oxygens (including phenoxy) is 1. The van der Waals surface area contributed by atoms with E-state index >= 15 is 0 Å². The van der Waals surface area contributed by atoms with E-state index in [-0.39, 0.29) is 5.56 Å². The van der Waals surface area contributed by atoms with Gasteiger partial charge in [-0.3, -0.25) is 10.1 Å². The van der Waals surface area contributed by atoms with Crippen molar-refractivity contribution in [2.75, 3.05) is 5.32 Å². The maximum atomic E-state index is 11.7. The first kappa shape index (κ1) is 17.8. The van der Waals surface area contributed by atoms with Crippen LogP contribution in [-0.4, -0.2) is 20.7 Å². The number of hydrogen-bond donors (Lipinski definition) is 3. The van der Waals surface area contributed by atoms with Gasteiger partial charge in [0.05, 0.1) is 23.5 Å². The van der Waals surface area contributed by atoms with Gasteiger partial charge in [0, 0.05) is 4.88 Å². The molecule has 0 spiro atoms. The Hall–Kier alpha value is -2.98. The predicted molar refractivity (Wildman–Crippen MR) is 100 cm³/mol. The van der Waals surface area contributed by atoms with E-state index in [9.17, 15) is 9.59 Å². The van der Waals surface area contributed by atoms with E-state index in [0.29, 0.717) is 22.9 Å². The largest absolute Gasteiger partial charge is 0.487 e. The molecule has 0 unspecified atom stereocenters. The van der Waals surface area contributed by atoms with E-state index in [0.717, 1.165) is 27.9 Å². The smallest absolute Gasteiger partial charge is 0.317 e. The molecule has 2 heterocycles. The zero-order valence-electron chi connectivity index (χ0n) is 13.7. The zero-order chi connectivity index (χ0) is 18.7. The molecule has 8 nitrogen and oxygen atoms in total. The second kappa shape index (κ2) is 7.50. The number of benzene rings is 1. The number of anilines is 1. The van der Waals surface area contributed by atoms with Crippen molar-refractivity contribution in [1.82, 2.24) is 8.75 Å². The van der Waals surface area contributed by atoms with Crippen LogP contribution in [0.3, 0.4) is 0 Å². The van der Waals surface area contributed by atoms with Crippen LogP contribution in [0.2, 0.25) is 0 Å². The number of nitrogens with zero attached hydrogens (tertiary/aromatic N) is 2. The number of aromatic nitrogens is 2. The van der Waals surface area contributed by atoms with Gasteiger partial charge in [0.2, 0.25) is 0 Å². The number of nitrogens with one attached hydrogen (secondary N) is 1. The fourth-order valence-electron chi connectivity index (χ4n) is 2.39. The molecule has 0 aliphatic rings. The first-order valence-corrected chi connectivity index (χ1v) is 8.99. The van der Waals surface area contributed by atoms with Crippen molar-refractivity contribution in [3.8, 4) is 16.2 Å². The molecule has 1 aromatic carbocycles. The van der Waals surface area contributed by atoms with Crippen LogP contribution in [0.5, 0.6) is 5.75 Å². The number of hydrogen-bond acceptors (Lipinski definition) is 7. The molecule has 3 rings (SSSR count). The van der Waals surface area contributed by atoms with Crippen LogP contribution >= 0.6 is 23.1 Å². The van der Waals surface area contributed by atoms with Gasteiger partial charge in [0.15, 0.2) is 0 Å². The van der Waals surface area contributed by atoms with Gasteiger partial charge in [0.25, 0.3) is 5.91 Å². The third-order valence-electron chi connectivity index (χ3n) is 3.54. The van der Waals surface area contributed by atoms with Gasteiger partial charge in [-0.2, -0.15) is 8.75 Å². The molecule has 3 amide bonds. The fraction of sp³-hybridized carbons (Fsp3) is 0.125. The predicted octanol–water partition coefficient (Wildman–Crippen LogP) is 2.74. The zero-order valence-corrected chi connectivity index (χ0v) is 15.3. The van der Waals surface area contributed by atoms with Gasteiger partial charge < -0.3 is 16.2 Å². The quantitative estimate of drug-likeness (QED) is 0.596. The van der Waals surface area contributed by atoms with Crippen molar-refractivity contribution in [3.63, 3.8) is 0 Å². The van der Waals surface area contributed by atoms with Gasteiger partial charge >= 0.3 is 6.03 Å². The highest BCUT2D eigenvalue weighted by Gasteiger charge is 2.21. The van der Waals surface area contributed by atoms with E-state index < -0.39 is 11.9 Å². The highest BCUT2D eigenvalue weighted by molar-refractivity contribution is 7.20. The Balaban J connectivity index is 1.84. The summed E-state index contributed by atoms with van der Waals surface area (Å²) in [5.41, 5.74) is 13.2. The van der Waals surface area contributed by atoms with Crippen LogP contribution in [0, 0.1) is 6.92 Å². The molecule has 2 aromatic heterocycles. The normalized spacial score (nSPS) is 10.5. The van der Waals surface area contributed by atoms with Crippen LogP contribution < -0.4 is 21.5 Å². The van der Waals surface area contributed by atoms with Gasteiger partial charge in [-0.15, -0.1) is 11.3 Å². The third-order valence-corrected chi connectivity index (χ3v) is 5.31. The number of nitrogens with two attached hydrogens (primary N) is 2. The number of primary amides is 2. The van der Waals surface area contributed by atoms with Crippen molar-refractivity contribution in [3.05, 3.63) is 47.3 Å².